The monoisotopic (exact) mass is 316 g/mol. The minimum Gasteiger partial charge on any atom is -0.228 e. The van der Waals surface area contributed by atoms with E-state index in [-0.39, 0.29) is 0 Å². The molecular formula is C17H14Cl2N2. The molecule has 2 nitrogen and oxygen atoms in total. The van der Waals surface area contributed by atoms with E-state index in [1.807, 2.05) is 18.2 Å². The molecule has 3 aromatic rings. The number of hydrogen-bond acceptors (Lipinski definition) is 2. The van der Waals surface area contributed by atoms with Crippen molar-refractivity contribution >= 4 is 34.1 Å². The molecule has 0 N–H and O–H groups in total. The van der Waals surface area contributed by atoms with Gasteiger partial charge in [-0.2, -0.15) is 0 Å². The van der Waals surface area contributed by atoms with Crippen LogP contribution in [0.5, 0.6) is 0 Å². The molecule has 0 bridgehead atoms. The van der Waals surface area contributed by atoms with Gasteiger partial charge in [0.25, 0.3) is 0 Å². The summed E-state index contributed by atoms with van der Waals surface area (Å²) in [7, 11) is 0. The van der Waals surface area contributed by atoms with Crippen LogP contribution in [0, 0.1) is 0 Å². The maximum Gasteiger partial charge on any atom is 0.161 e. The van der Waals surface area contributed by atoms with Crippen LogP contribution >= 0.6 is 23.2 Å². The quantitative estimate of drug-likeness (QED) is 0.564. The fraction of sp³-hybridized carbons (Fsp3) is 0.176. The fourth-order valence-electron chi connectivity index (χ4n) is 2.21. The number of aromatic nitrogens is 2. The third-order valence-electron chi connectivity index (χ3n) is 3.45. The topological polar surface area (TPSA) is 25.8 Å². The third kappa shape index (κ3) is 2.87. The lowest BCUT2D eigenvalue weighted by atomic mass is 10.0. The van der Waals surface area contributed by atoms with Crippen molar-refractivity contribution in [3.05, 3.63) is 58.2 Å². The van der Waals surface area contributed by atoms with E-state index in [1.54, 1.807) is 12.1 Å². The van der Waals surface area contributed by atoms with Gasteiger partial charge in [-0.1, -0.05) is 61.3 Å². The van der Waals surface area contributed by atoms with Crippen LogP contribution in [0.15, 0.2) is 42.5 Å². The summed E-state index contributed by atoms with van der Waals surface area (Å²) < 4.78 is 0. The second-order valence-electron chi connectivity index (χ2n) is 5.28. The molecule has 0 aliphatic carbocycles. The second kappa shape index (κ2) is 5.63. The van der Waals surface area contributed by atoms with Gasteiger partial charge in [-0.3, -0.25) is 0 Å². The minimum atomic E-state index is 0.444. The van der Waals surface area contributed by atoms with Crippen molar-refractivity contribution in [3.8, 4) is 11.4 Å². The lowest BCUT2D eigenvalue weighted by Crippen LogP contribution is -1.93. The average molecular weight is 317 g/mol. The first kappa shape index (κ1) is 14.3. The smallest absolute Gasteiger partial charge is 0.161 e. The van der Waals surface area contributed by atoms with E-state index in [1.165, 1.54) is 5.56 Å². The molecule has 21 heavy (non-hydrogen) atoms. The highest BCUT2D eigenvalue weighted by Gasteiger charge is 2.09. The zero-order valence-electron chi connectivity index (χ0n) is 11.8. The highest BCUT2D eigenvalue weighted by molar-refractivity contribution is 6.35. The molecule has 0 spiro atoms. The normalized spacial score (nSPS) is 11.3. The molecule has 0 atom stereocenters. The van der Waals surface area contributed by atoms with E-state index in [2.05, 4.69) is 35.9 Å². The molecule has 106 valence electrons. The van der Waals surface area contributed by atoms with E-state index >= 15 is 0 Å². The molecule has 4 heteroatoms. The molecule has 0 radical (unpaired) electrons. The summed E-state index contributed by atoms with van der Waals surface area (Å²) in [5.74, 6) is 1.11. The molecule has 1 heterocycles. The first-order valence-corrected chi connectivity index (χ1v) is 7.53. The summed E-state index contributed by atoms with van der Waals surface area (Å²) in [6.45, 7) is 4.33. The van der Waals surface area contributed by atoms with Crippen molar-refractivity contribution in [1.29, 1.82) is 0 Å². The van der Waals surface area contributed by atoms with E-state index in [4.69, 9.17) is 23.2 Å². The van der Waals surface area contributed by atoms with Crippen LogP contribution in [-0.2, 0) is 0 Å². The molecule has 2 aromatic carbocycles. The van der Waals surface area contributed by atoms with Crippen molar-refractivity contribution in [2.24, 2.45) is 0 Å². The molecule has 0 saturated carbocycles. The van der Waals surface area contributed by atoms with Gasteiger partial charge in [-0.25, -0.2) is 9.97 Å². The van der Waals surface area contributed by atoms with Gasteiger partial charge in [0.2, 0.25) is 0 Å². The van der Waals surface area contributed by atoms with Gasteiger partial charge < -0.3 is 0 Å². The lowest BCUT2D eigenvalue weighted by molar-refractivity contribution is 0.867. The maximum atomic E-state index is 6.25. The van der Waals surface area contributed by atoms with Gasteiger partial charge in [0.1, 0.15) is 5.15 Å². The number of rotatable bonds is 2. The summed E-state index contributed by atoms with van der Waals surface area (Å²) in [6.07, 6.45) is 0. The van der Waals surface area contributed by atoms with Crippen molar-refractivity contribution < 1.29 is 0 Å². The van der Waals surface area contributed by atoms with Crippen LogP contribution < -0.4 is 0 Å². The Morgan fingerprint density at radius 1 is 0.905 bits per heavy atom. The second-order valence-corrected chi connectivity index (χ2v) is 6.07. The van der Waals surface area contributed by atoms with Gasteiger partial charge in [-0.15, -0.1) is 0 Å². The SMILES string of the molecule is CC(C)c1ccc(-c2nc(Cl)c3ccc(Cl)cc3n2)cc1. The summed E-state index contributed by atoms with van der Waals surface area (Å²) in [4.78, 5) is 8.95. The van der Waals surface area contributed by atoms with Crippen LogP contribution in [0.3, 0.4) is 0 Å². The van der Waals surface area contributed by atoms with Gasteiger partial charge in [0.15, 0.2) is 5.82 Å². The van der Waals surface area contributed by atoms with E-state index in [0.717, 1.165) is 16.5 Å². The maximum absolute atomic E-state index is 6.25. The van der Waals surface area contributed by atoms with Crippen LogP contribution in [-0.4, -0.2) is 9.97 Å². The fourth-order valence-corrected chi connectivity index (χ4v) is 2.62. The molecule has 0 aliphatic rings. The minimum absolute atomic E-state index is 0.444. The van der Waals surface area contributed by atoms with Gasteiger partial charge >= 0.3 is 0 Å². The average Bonchev–Trinajstić information content (AvgIpc) is 2.46. The molecule has 3 rings (SSSR count). The Labute approximate surface area is 133 Å². The highest BCUT2D eigenvalue weighted by atomic mass is 35.5. The first-order valence-electron chi connectivity index (χ1n) is 6.78. The lowest BCUT2D eigenvalue weighted by Gasteiger charge is -2.08. The molecule has 0 unspecified atom stereocenters. The van der Waals surface area contributed by atoms with Gasteiger partial charge in [-0.05, 0) is 29.7 Å². The van der Waals surface area contributed by atoms with Crippen LogP contribution in [0.1, 0.15) is 25.3 Å². The largest absolute Gasteiger partial charge is 0.228 e. The standard InChI is InChI=1S/C17H14Cl2N2/c1-10(2)11-3-5-12(6-4-11)17-20-15-9-13(18)7-8-14(15)16(19)21-17/h3-10H,1-2H3. The van der Waals surface area contributed by atoms with Gasteiger partial charge in [0.05, 0.1) is 5.52 Å². The van der Waals surface area contributed by atoms with Crippen molar-refractivity contribution in [1.82, 2.24) is 9.97 Å². The van der Waals surface area contributed by atoms with Crippen molar-refractivity contribution in [3.63, 3.8) is 0 Å². The molecule has 0 aliphatic heterocycles. The number of halogens is 2. The van der Waals surface area contributed by atoms with E-state index in [9.17, 15) is 0 Å². The molecule has 0 saturated heterocycles. The summed E-state index contributed by atoms with van der Waals surface area (Å²) in [5, 5.41) is 1.89. The number of hydrogen-bond donors (Lipinski definition) is 0. The first-order chi connectivity index (χ1) is 10.0. The van der Waals surface area contributed by atoms with Crippen LogP contribution in [0.4, 0.5) is 0 Å². The Bertz CT molecular complexity index is 796. The molecule has 0 amide bonds. The Kier molecular flexibility index (Phi) is 3.83. The molecular weight excluding hydrogens is 303 g/mol. The molecule has 0 fully saturated rings. The number of nitrogens with zero attached hydrogens (tertiary/aromatic N) is 2. The Hall–Kier alpha value is -1.64. The molecule has 1 aromatic heterocycles. The van der Waals surface area contributed by atoms with Crippen LogP contribution in [0.2, 0.25) is 10.2 Å². The third-order valence-corrected chi connectivity index (χ3v) is 3.97. The zero-order valence-corrected chi connectivity index (χ0v) is 13.3. The Morgan fingerprint density at radius 3 is 2.29 bits per heavy atom. The summed E-state index contributed by atoms with van der Waals surface area (Å²) in [5.41, 5.74) is 2.99. The summed E-state index contributed by atoms with van der Waals surface area (Å²) in [6, 6.07) is 13.7. The number of fused-ring (bicyclic) bond motifs is 1. The highest BCUT2D eigenvalue weighted by Crippen LogP contribution is 2.27. The van der Waals surface area contributed by atoms with Crippen molar-refractivity contribution in [2.45, 2.75) is 19.8 Å². The van der Waals surface area contributed by atoms with E-state index in [0.29, 0.717) is 21.9 Å². The predicted molar refractivity (Wildman–Crippen MR) is 89.1 cm³/mol. The predicted octanol–water partition coefficient (Wildman–Crippen LogP) is 5.73. The van der Waals surface area contributed by atoms with Crippen LogP contribution in [0.25, 0.3) is 22.3 Å². The van der Waals surface area contributed by atoms with E-state index < -0.39 is 0 Å². The Morgan fingerprint density at radius 2 is 1.62 bits per heavy atom. The zero-order chi connectivity index (χ0) is 15.0. The Balaban J connectivity index is 2.11. The van der Waals surface area contributed by atoms with Gasteiger partial charge in [0, 0.05) is 16.0 Å². The van der Waals surface area contributed by atoms with Crippen molar-refractivity contribution in [2.75, 3.05) is 0 Å². The summed E-state index contributed by atoms with van der Waals surface area (Å²) >= 11 is 12.3. The number of benzene rings is 2.